The van der Waals surface area contributed by atoms with Gasteiger partial charge in [-0.3, -0.25) is 9.69 Å². The van der Waals surface area contributed by atoms with Crippen LogP contribution < -0.4 is 5.32 Å². The summed E-state index contributed by atoms with van der Waals surface area (Å²) in [6.07, 6.45) is 0.913. The third kappa shape index (κ3) is 4.66. The van der Waals surface area contributed by atoms with Crippen LogP contribution >= 0.6 is 27.3 Å². The molecule has 1 heterocycles. The van der Waals surface area contributed by atoms with Crippen molar-refractivity contribution in [3.8, 4) is 0 Å². The van der Waals surface area contributed by atoms with E-state index < -0.39 is 0 Å². The molecule has 1 aromatic heterocycles. The van der Waals surface area contributed by atoms with E-state index in [9.17, 15) is 4.79 Å². The first-order chi connectivity index (χ1) is 10.5. The second-order valence-electron chi connectivity index (χ2n) is 5.39. The molecule has 1 amide bonds. The molecule has 1 aromatic carbocycles. The lowest BCUT2D eigenvalue weighted by molar-refractivity contribution is -0.117. The van der Waals surface area contributed by atoms with E-state index in [4.69, 9.17) is 0 Å². The maximum absolute atomic E-state index is 12.3. The Balaban J connectivity index is 1.95. The fraction of sp³-hybridized carbons (Fsp3) is 0.353. The second-order valence-corrected chi connectivity index (χ2v) is 7.94. The zero-order chi connectivity index (χ0) is 16.1. The number of hydrogen-bond acceptors (Lipinski definition) is 3. The number of carbonyl (C=O) groups excluding carboxylic acids is 1. The number of nitrogens with zero attached hydrogens (tertiary/aromatic N) is 1. The Labute approximate surface area is 144 Å². The van der Waals surface area contributed by atoms with E-state index in [-0.39, 0.29) is 5.91 Å². The molecule has 0 aliphatic heterocycles. The SMILES string of the molecule is CCc1cccc(C)c1NC(=O)CN(C)Cc1ccc(Br)s1. The van der Waals surface area contributed by atoms with Crippen molar-refractivity contribution in [2.24, 2.45) is 0 Å². The van der Waals surface area contributed by atoms with E-state index in [2.05, 4.69) is 40.3 Å². The minimum absolute atomic E-state index is 0.0297. The molecule has 2 rings (SSSR count). The molecule has 0 bridgehead atoms. The number of anilines is 1. The van der Waals surface area contributed by atoms with Crippen molar-refractivity contribution in [1.82, 2.24) is 4.90 Å². The number of halogens is 1. The molecule has 0 saturated heterocycles. The number of thiophene rings is 1. The average molecular weight is 381 g/mol. The lowest BCUT2D eigenvalue weighted by atomic mass is 10.1. The van der Waals surface area contributed by atoms with Crippen LogP contribution in [0.15, 0.2) is 34.1 Å². The molecule has 118 valence electrons. The third-order valence-electron chi connectivity index (χ3n) is 3.47. The summed E-state index contributed by atoms with van der Waals surface area (Å²) in [5.41, 5.74) is 3.25. The van der Waals surface area contributed by atoms with E-state index in [1.54, 1.807) is 11.3 Å². The largest absolute Gasteiger partial charge is 0.324 e. The third-order valence-corrected chi connectivity index (χ3v) is 5.08. The number of carbonyl (C=O) groups is 1. The summed E-state index contributed by atoms with van der Waals surface area (Å²) in [6.45, 7) is 5.29. The van der Waals surface area contributed by atoms with E-state index >= 15 is 0 Å². The smallest absolute Gasteiger partial charge is 0.238 e. The van der Waals surface area contributed by atoms with Gasteiger partial charge in [-0.05, 0) is 59.6 Å². The van der Waals surface area contributed by atoms with Crippen LogP contribution in [0.4, 0.5) is 5.69 Å². The monoisotopic (exact) mass is 380 g/mol. The van der Waals surface area contributed by atoms with Gasteiger partial charge in [0.1, 0.15) is 0 Å². The fourth-order valence-electron chi connectivity index (χ4n) is 2.38. The maximum Gasteiger partial charge on any atom is 0.238 e. The van der Waals surface area contributed by atoms with E-state index in [1.165, 1.54) is 10.4 Å². The zero-order valence-corrected chi connectivity index (χ0v) is 15.6. The number of aryl methyl sites for hydroxylation is 2. The number of nitrogens with one attached hydrogen (secondary N) is 1. The minimum atomic E-state index is 0.0297. The lowest BCUT2D eigenvalue weighted by Gasteiger charge is -2.17. The molecule has 0 aliphatic rings. The highest BCUT2D eigenvalue weighted by Crippen LogP contribution is 2.23. The van der Waals surface area contributed by atoms with Crippen LogP contribution in [0.2, 0.25) is 0 Å². The molecule has 0 atom stereocenters. The molecule has 3 nitrogen and oxygen atoms in total. The predicted molar refractivity (Wildman–Crippen MR) is 97.5 cm³/mol. The molecule has 2 aromatic rings. The minimum Gasteiger partial charge on any atom is -0.324 e. The standard InChI is InChI=1S/C17H21BrN2OS/c1-4-13-7-5-6-12(2)17(13)19-16(21)11-20(3)10-14-8-9-15(18)22-14/h5-9H,4,10-11H2,1-3H3,(H,19,21). The quantitative estimate of drug-likeness (QED) is 0.802. The number of para-hydroxylation sites is 1. The zero-order valence-electron chi connectivity index (χ0n) is 13.1. The van der Waals surface area contributed by atoms with E-state index in [0.717, 1.165) is 28.0 Å². The topological polar surface area (TPSA) is 32.3 Å². The van der Waals surface area contributed by atoms with E-state index in [0.29, 0.717) is 6.54 Å². The van der Waals surface area contributed by atoms with Crippen LogP contribution in [0.3, 0.4) is 0 Å². The van der Waals surface area contributed by atoms with Crippen LogP contribution in [0.5, 0.6) is 0 Å². The number of benzene rings is 1. The summed E-state index contributed by atoms with van der Waals surface area (Å²) in [7, 11) is 1.96. The number of hydrogen-bond donors (Lipinski definition) is 1. The van der Waals surface area contributed by atoms with Gasteiger partial charge in [0.05, 0.1) is 10.3 Å². The Morgan fingerprint density at radius 3 is 2.73 bits per heavy atom. The van der Waals surface area contributed by atoms with Crippen molar-refractivity contribution < 1.29 is 4.79 Å². The Kier molecular flexibility index (Phi) is 6.17. The molecule has 0 unspecified atom stereocenters. The average Bonchev–Trinajstić information content (AvgIpc) is 2.86. The molecule has 0 fully saturated rings. The molecule has 0 radical (unpaired) electrons. The Hall–Kier alpha value is -1.17. The van der Waals surface area contributed by atoms with Gasteiger partial charge in [0, 0.05) is 17.1 Å². The van der Waals surface area contributed by atoms with E-state index in [1.807, 2.05) is 37.1 Å². The Bertz CT molecular complexity index is 654. The lowest BCUT2D eigenvalue weighted by Crippen LogP contribution is -2.30. The van der Waals surface area contributed by atoms with Crippen molar-refractivity contribution in [3.63, 3.8) is 0 Å². The van der Waals surface area contributed by atoms with Crippen LogP contribution in [0.25, 0.3) is 0 Å². The van der Waals surface area contributed by atoms with Crippen molar-refractivity contribution >= 4 is 38.9 Å². The van der Waals surface area contributed by atoms with Crippen molar-refractivity contribution in [3.05, 3.63) is 50.1 Å². The van der Waals surface area contributed by atoms with Crippen LogP contribution in [-0.4, -0.2) is 24.4 Å². The Morgan fingerprint density at radius 1 is 1.32 bits per heavy atom. The molecular formula is C17H21BrN2OS. The van der Waals surface area contributed by atoms with Crippen molar-refractivity contribution in [2.75, 3.05) is 18.9 Å². The van der Waals surface area contributed by atoms with Gasteiger partial charge in [0.2, 0.25) is 5.91 Å². The number of amides is 1. The maximum atomic E-state index is 12.3. The van der Waals surface area contributed by atoms with Gasteiger partial charge < -0.3 is 5.32 Å². The number of likely N-dealkylation sites (N-methyl/N-ethyl adjacent to an activating group) is 1. The van der Waals surface area contributed by atoms with Gasteiger partial charge in [-0.2, -0.15) is 0 Å². The highest BCUT2D eigenvalue weighted by atomic mass is 79.9. The molecule has 1 N–H and O–H groups in total. The summed E-state index contributed by atoms with van der Waals surface area (Å²) in [6, 6.07) is 10.2. The van der Waals surface area contributed by atoms with Crippen molar-refractivity contribution in [1.29, 1.82) is 0 Å². The fourth-order valence-corrected chi connectivity index (χ4v) is 3.95. The molecule has 0 aliphatic carbocycles. The van der Waals surface area contributed by atoms with Crippen LogP contribution in [0, 0.1) is 6.92 Å². The highest BCUT2D eigenvalue weighted by molar-refractivity contribution is 9.11. The normalized spacial score (nSPS) is 11.0. The molecule has 22 heavy (non-hydrogen) atoms. The van der Waals surface area contributed by atoms with Gasteiger partial charge >= 0.3 is 0 Å². The predicted octanol–water partition coefficient (Wildman–Crippen LogP) is 4.45. The molecule has 0 saturated carbocycles. The molecule has 0 spiro atoms. The summed E-state index contributed by atoms with van der Waals surface area (Å²) in [5, 5.41) is 3.07. The van der Waals surface area contributed by atoms with Gasteiger partial charge in [-0.1, -0.05) is 25.1 Å². The molecular weight excluding hydrogens is 360 g/mol. The highest BCUT2D eigenvalue weighted by Gasteiger charge is 2.11. The summed E-state index contributed by atoms with van der Waals surface area (Å²) in [4.78, 5) is 15.5. The first kappa shape index (κ1) is 17.2. The first-order valence-corrected chi connectivity index (χ1v) is 8.91. The van der Waals surface area contributed by atoms with Crippen LogP contribution in [-0.2, 0) is 17.8 Å². The number of rotatable bonds is 6. The summed E-state index contributed by atoms with van der Waals surface area (Å²) < 4.78 is 1.12. The second kappa shape index (κ2) is 7.90. The summed E-state index contributed by atoms with van der Waals surface area (Å²) >= 11 is 5.16. The first-order valence-electron chi connectivity index (χ1n) is 7.30. The van der Waals surface area contributed by atoms with Gasteiger partial charge in [-0.25, -0.2) is 0 Å². The van der Waals surface area contributed by atoms with Gasteiger partial charge in [0.15, 0.2) is 0 Å². The van der Waals surface area contributed by atoms with Crippen LogP contribution in [0.1, 0.15) is 22.9 Å². The van der Waals surface area contributed by atoms with Gasteiger partial charge in [0.25, 0.3) is 0 Å². The summed E-state index contributed by atoms with van der Waals surface area (Å²) in [5.74, 6) is 0.0297. The van der Waals surface area contributed by atoms with Gasteiger partial charge in [-0.15, -0.1) is 11.3 Å². The van der Waals surface area contributed by atoms with Crippen molar-refractivity contribution in [2.45, 2.75) is 26.8 Å². The Morgan fingerprint density at radius 2 is 2.09 bits per heavy atom. The molecule has 5 heteroatoms.